The topological polar surface area (TPSA) is 21.3 Å². The molecule has 0 heterocycles. The summed E-state index contributed by atoms with van der Waals surface area (Å²) >= 11 is 0. The van der Waals surface area contributed by atoms with Gasteiger partial charge in [-0.05, 0) is 43.5 Å². The van der Waals surface area contributed by atoms with Gasteiger partial charge in [-0.25, -0.2) is 0 Å². The molecule has 0 aromatic heterocycles. The van der Waals surface area contributed by atoms with Gasteiger partial charge in [-0.15, -0.1) is 0 Å². The Morgan fingerprint density at radius 1 is 1.06 bits per heavy atom. The maximum absolute atomic E-state index is 6.10. The van der Waals surface area contributed by atoms with E-state index in [0.717, 1.165) is 18.7 Å². The predicted octanol–water partition coefficient (Wildman–Crippen LogP) is 3.75. The average Bonchev–Trinajstić information content (AvgIpc) is 2.29. The predicted molar refractivity (Wildman–Crippen MR) is 78.4 cm³/mol. The Labute approximate surface area is 112 Å². The Morgan fingerprint density at radius 3 is 2.00 bits per heavy atom. The molecular weight excluding hydrogens is 222 g/mol. The van der Waals surface area contributed by atoms with E-state index in [1.807, 2.05) is 7.05 Å². The Hall–Kier alpha value is -1.02. The molecule has 1 unspecified atom stereocenters. The van der Waals surface area contributed by atoms with Crippen molar-refractivity contribution in [1.29, 1.82) is 0 Å². The normalized spacial score (nSPS) is 15.2. The van der Waals surface area contributed by atoms with E-state index in [9.17, 15) is 0 Å². The number of hydrogen-bond acceptors (Lipinski definition) is 2. The Bertz CT molecular complexity index is 364. The van der Waals surface area contributed by atoms with Gasteiger partial charge in [0.25, 0.3) is 0 Å². The van der Waals surface area contributed by atoms with Gasteiger partial charge >= 0.3 is 0 Å². The van der Waals surface area contributed by atoms with Crippen LogP contribution in [0.5, 0.6) is 5.75 Å². The fraction of sp³-hybridized carbons (Fsp3) is 0.625. The van der Waals surface area contributed by atoms with Crippen molar-refractivity contribution in [3.8, 4) is 5.75 Å². The molecule has 1 aromatic carbocycles. The van der Waals surface area contributed by atoms with Crippen molar-refractivity contribution < 1.29 is 4.74 Å². The first-order valence-electron chi connectivity index (χ1n) is 6.75. The number of benzene rings is 1. The van der Waals surface area contributed by atoms with Crippen LogP contribution < -0.4 is 10.1 Å². The van der Waals surface area contributed by atoms with Crippen LogP contribution >= 0.6 is 0 Å². The summed E-state index contributed by atoms with van der Waals surface area (Å²) in [7, 11) is 1.96. The first-order valence-corrected chi connectivity index (χ1v) is 6.75. The van der Waals surface area contributed by atoms with Crippen molar-refractivity contribution in [3.63, 3.8) is 0 Å². The lowest BCUT2D eigenvalue weighted by Crippen LogP contribution is -2.41. The van der Waals surface area contributed by atoms with Crippen LogP contribution in [0.1, 0.15) is 46.6 Å². The highest BCUT2D eigenvalue weighted by atomic mass is 16.5. The minimum Gasteiger partial charge on any atom is -0.486 e. The SMILES string of the molecule is CCC(C)(CNC)Oc1ccc(C(C)(C)C)cc1. The average molecular weight is 249 g/mol. The Balaban J connectivity index is 2.80. The molecule has 0 bridgehead atoms. The summed E-state index contributed by atoms with van der Waals surface area (Å²) in [5.41, 5.74) is 1.39. The summed E-state index contributed by atoms with van der Waals surface area (Å²) in [6.45, 7) is 11.8. The van der Waals surface area contributed by atoms with Crippen molar-refractivity contribution in [1.82, 2.24) is 5.32 Å². The third kappa shape index (κ3) is 4.02. The summed E-state index contributed by atoms with van der Waals surface area (Å²) in [6.07, 6.45) is 0.981. The lowest BCUT2D eigenvalue weighted by molar-refractivity contribution is 0.0858. The van der Waals surface area contributed by atoms with Gasteiger partial charge in [0, 0.05) is 6.54 Å². The van der Waals surface area contributed by atoms with Gasteiger partial charge in [0.15, 0.2) is 0 Å². The molecule has 2 nitrogen and oxygen atoms in total. The van der Waals surface area contributed by atoms with Crippen LogP contribution in [0.3, 0.4) is 0 Å². The zero-order valence-electron chi connectivity index (χ0n) is 12.6. The standard InChI is InChI=1S/C16H27NO/c1-7-16(5,12-17-6)18-14-10-8-13(9-11-14)15(2,3)4/h8-11,17H,7,12H2,1-6H3. The van der Waals surface area contributed by atoms with Crippen molar-refractivity contribution in [2.24, 2.45) is 0 Å². The van der Waals surface area contributed by atoms with E-state index in [1.54, 1.807) is 0 Å². The first kappa shape index (κ1) is 15.0. The van der Waals surface area contributed by atoms with Crippen LogP contribution in [0.2, 0.25) is 0 Å². The minimum atomic E-state index is -0.141. The second kappa shape index (κ2) is 5.75. The van der Waals surface area contributed by atoms with Gasteiger partial charge in [-0.2, -0.15) is 0 Å². The van der Waals surface area contributed by atoms with E-state index >= 15 is 0 Å². The van der Waals surface area contributed by atoms with Crippen molar-refractivity contribution in [2.75, 3.05) is 13.6 Å². The van der Waals surface area contributed by atoms with Crippen molar-refractivity contribution in [2.45, 2.75) is 52.1 Å². The molecule has 0 amide bonds. The molecule has 0 saturated carbocycles. The lowest BCUT2D eigenvalue weighted by Gasteiger charge is -2.30. The summed E-state index contributed by atoms with van der Waals surface area (Å²) in [4.78, 5) is 0. The molecule has 0 aliphatic carbocycles. The molecule has 102 valence electrons. The van der Waals surface area contributed by atoms with E-state index in [4.69, 9.17) is 4.74 Å². The van der Waals surface area contributed by atoms with Crippen LogP contribution in [-0.4, -0.2) is 19.2 Å². The quantitative estimate of drug-likeness (QED) is 0.858. The molecular formula is C16H27NO. The molecule has 1 N–H and O–H groups in total. The van der Waals surface area contributed by atoms with Gasteiger partial charge in [0.1, 0.15) is 11.4 Å². The van der Waals surface area contributed by atoms with Crippen LogP contribution in [0.15, 0.2) is 24.3 Å². The van der Waals surface area contributed by atoms with Gasteiger partial charge in [0.2, 0.25) is 0 Å². The molecule has 1 rings (SSSR count). The van der Waals surface area contributed by atoms with E-state index < -0.39 is 0 Å². The summed E-state index contributed by atoms with van der Waals surface area (Å²) in [6, 6.07) is 8.46. The number of ether oxygens (including phenoxy) is 1. The molecule has 1 atom stereocenters. The smallest absolute Gasteiger partial charge is 0.120 e. The minimum absolute atomic E-state index is 0.141. The molecule has 0 fully saturated rings. The molecule has 18 heavy (non-hydrogen) atoms. The summed E-state index contributed by atoms with van der Waals surface area (Å²) in [5.74, 6) is 0.947. The van der Waals surface area contributed by atoms with Gasteiger partial charge in [-0.1, -0.05) is 39.8 Å². The summed E-state index contributed by atoms with van der Waals surface area (Å²) < 4.78 is 6.10. The van der Waals surface area contributed by atoms with Crippen LogP contribution in [0, 0.1) is 0 Å². The third-order valence-corrected chi connectivity index (χ3v) is 3.38. The molecule has 0 aliphatic rings. The second-order valence-electron chi connectivity index (χ2n) is 6.21. The highest BCUT2D eigenvalue weighted by Crippen LogP contribution is 2.26. The van der Waals surface area contributed by atoms with E-state index in [-0.39, 0.29) is 11.0 Å². The Kier molecular flexibility index (Phi) is 4.80. The zero-order valence-corrected chi connectivity index (χ0v) is 12.6. The molecule has 2 heteroatoms. The molecule has 0 aliphatic heterocycles. The number of rotatable bonds is 5. The van der Waals surface area contributed by atoms with Gasteiger partial charge in [0.05, 0.1) is 0 Å². The zero-order chi connectivity index (χ0) is 13.8. The highest BCUT2D eigenvalue weighted by molar-refractivity contribution is 5.31. The largest absolute Gasteiger partial charge is 0.486 e. The van der Waals surface area contributed by atoms with Crippen LogP contribution in [0.25, 0.3) is 0 Å². The third-order valence-electron chi connectivity index (χ3n) is 3.38. The number of nitrogens with one attached hydrogen (secondary N) is 1. The molecule has 0 radical (unpaired) electrons. The van der Waals surface area contributed by atoms with Gasteiger partial charge in [-0.3, -0.25) is 0 Å². The maximum atomic E-state index is 6.10. The van der Waals surface area contributed by atoms with Crippen LogP contribution in [0.4, 0.5) is 0 Å². The molecule has 0 spiro atoms. The first-order chi connectivity index (χ1) is 8.30. The highest BCUT2D eigenvalue weighted by Gasteiger charge is 2.23. The van der Waals surface area contributed by atoms with E-state index in [1.165, 1.54) is 5.56 Å². The Morgan fingerprint density at radius 2 is 1.61 bits per heavy atom. The number of likely N-dealkylation sites (N-methyl/N-ethyl adjacent to an activating group) is 1. The van der Waals surface area contributed by atoms with E-state index in [0.29, 0.717) is 0 Å². The lowest BCUT2D eigenvalue weighted by atomic mass is 9.87. The van der Waals surface area contributed by atoms with Gasteiger partial charge < -0.3 is 10.1 Å². The van der Waals surface area contributed by atoms with Crippen molar-refractivity contribution in [3.05, 3.63) is 29.8 Å². The fourth-order valence-electron chi connectivity index (χ4n) is 1.91. The molecule has 0 saturated heterocycles. The number of hydrogen-bond donors (Lipinski definition) is 1. The van der Waals surface area contributed by atoms with E-state index in [2.05, 4.69) is 64.2 Å². The molecule has 1 aromatic rings. The fourth-order valence-corrected chi connectivity index (χ4v) is 1.91. The van der Waals surface area contributed by atoms with Crippen molar-refractivity contribution >= 4 is 0 Å². The summed E-state index contributed by atoms with van der Waals surface area (Å²) in [5, 5.41) is 3.19. The monoisotopic (exact) mass is 249 g/mol. The van der Waals surface area contributed by atoms with Crippen LogP contribution in [-0.2, 0) is 5.41 Å². The second-order valence-corrected chi connectivity index (χ2v) is 6.21. The maximum Gasteiger partial charge on any atom is 0.120 e.